The van der Waals surface area contributed by atoms with Gasteiger partial charge in [-0.25, -0.2) is 4.99 Å². The number of esters is 1. The maximum Gasteiger partial charge on any atom is 0.315 e. The Morgan fingerprint density at radius 1 is 1.29 bits per heavy atom. The number of hydrogen-bond acceptors (Lipinski definition) is 4. The molecule has 1 aliphatic rings. The molecule has 2 heterocycles. The average molecular weight is 325 g/mol. The molecule has 0 fully saturated rings. The van der Waals surface area contributed by atoms with Crippen molar-refractivity contribution in [3.63, 3.8) is 0 Å². The number of H-pyrrole nitrogens is 1. The van der Waals surface area contributed by atoms with Crippen molar-refractivity contribution in [2.24, 2.45) is 10.9 Å². The number of carbonyl (C=O) groups is 1. The van der Waals surface area contributed by atoms with Crippen LogP contribution in [0.5, 0.6) is 0 Å². The molecule has 1 aromatic carbocycles. The lowest BCUT2D eigenvalue weighted by atomic mass is 9.64. The van der Waals surface area contributed by atoms with Gasteiger partial charge in [0.15, 0.2) is 5.82 Å². The fourth-order valence-electron chi connectivity index (χ4n) is 3.60. The Balaban J connectivity index is 2.22. The number of aliphatic imine (C=N–C) groups is 1. The number of ether oxygens (including phenoxy) is 1. The molecule has 1 aromatic heterocycles. The summed E-state index contributed by atoms with van der Waals surface area (Å²) in [5.41, 5.74) is 2.31. The lowest BCUT2D eigenvalue weighted by molar-refractivity contribution is -0.147. The Hall–Kier alpha value is -2.43. The monoisotopic (exact) mass is 325 g/mol. The van der Waals surface area contributed by atoms with Crippen LogP contribution in [0, 0.1) is 5.92 Å². The zero-order chi connectivity index (χ0) is 17.2. The van der Waals surface area contributed by atoms with Crippen molar-refractivity contribution in [2.45, 2.75) is 39.0 Å². The van der Waals surface area contributed by atoms with E-state index in [1.807, 2.05) is 25.1 Å². The molecule has 1 N–H and O–H groups in total. The van der Waals surface area contributed by atoms with Crippen LogP contribution >= 0.6 is 0 Å². The third-order valence-corrected chi connectivity index (χ3v) is 4.75. The van der Waals surface area contributed by atoms with Crippen LogP contribution in [0.25, 0.3) is 0 Å². The SMILES string of the molecule is CCCC1=Nc2[nH]ncc2C(C)(c2ccccc2)C1C(=O)OCC. The van der Waals surface area contributed by atoms with E-state index in [1.54, 1.807) is 6.20 Å². The van der Waals surface area contributed by atoms with Gasteiger partial charge in [0.05, 0.1) is 12.8 Å². The van der Waals surface area contributed by atoms with Crippen molar-refractivity contribution in [3.8, 4) is 0 Å². The first-order chi connectivity index (χ1) is 11.6. The van der Waals surface area contributed by atoms with E-state index in [0.29, 0.717) is 6.61 Å². The number of fused-ring (bicyclic) bond motifs is 1. The lowest BCUT2D eigenvalue weighted by Gasteiger charge is -2.39. The van der Waals surface area contributed by atoms with Crippen molar-refractivity contribution in [1.82, 2.24) is 10.2 Å². The molecule has 0 radical (unpaired) electrons. The van der Waals surface area contributed by atoms with Crippen LogP contribution in [0.4, 0.5) is 5.82 Å². The molecule has 0 saturated heterocycles. The Morgan fingerprint density at radius 2 is 2.04 bits per heavy atom. The minimum Gasteiger partial charge on any atom is -0.465 e. The van der Waals surface area contributed by atoms with E-state index in [-0.39, 0.29) is 5.97 Å². The van der Waals surface area contributed by atoms with Crippen LogP contribution in [-0.4, -0.2) is 28.5 Å². The minimum absolute atomic E-state index is 0.220. The lowest BCUT2D eigenvalue weighted by Crippen LogP contribution is -2.46. The normalized spacial score (nSPS) is 22.6. The highest BCUT2D eigenvalue weighted by Gasteiger charge is 2.49. The Bertz CT molecular complexity index is 751. The molecule has 2 aromatic rings. The van der Waals surface area contributed by atoms with Gasteiger partial charge in [-0.05, 0) is 25.8 Å². The van der Waals surface area contributed by atoms with Crippen LogP contribution in [0.3, 0.4) is 0 Å². The summed E-state index contributed by atoms with van der Waals surface area (Å²) in [5.74, 6) is 0.0816. The molecule has 2 atom stereocenters. The number of aromatic nitrogens is 2. The number of rotatable bonds is 5. The Kier molecular flexibility index (Phi) is 4.51. The van der Waals surface area contributed by atoms with Crippen LogP contribution in [0.15, 0.2) is 41.5 Å². The Labute approximate surface area is 142 Å². The molecule has 1 aliphatic heterocycles. The van der Waals surface area contributed by atoms with Gasteiger partial charge in [0.2, 0.25) is 0 Å². The molecule has 0 saturated carbocycles. The summed E-state index contributed by atoms with van der Waals surface area (Å²) in [6.07, 6.45) is 3.45. The first-order valence-electron chi connectivity index (χ1n) is 8.46. The second kappa shape index (κ2) is 6.59. The zero-order valence-corrected chi connectivity index (χ0v) is 14.4. The zero-order valence-electron chi connectivity index (χ0n) is 14.4. The van der Waals surface area contributed by atoms with Crippen molar-refractivity contribution < 1.29 is 9.53 Å². The summed E-state index contributed by atoms with van der Waals surface area (Å²) in [4.78, 5) is 17.6. The van der Waals surface area contributed by atoms with E-state index < -0.39 is 11.3 Å². The molecule has 2 unspecified atom stereocenters. The number of benzene rings is 1. The van der Waals surface area contributed by atoms with Crippen LogP contribution < -0.4 is 0 Å². The number of nitrogens with zero attached hydrogens (tertiary/aromatic N) is 2. The molecule has 0 aliphatic carbocycles. The van der Waals surface area contributed by atoms with Gasteiger partial charge in [-0.2, -0.15) is 5.10 Å². The van der Waals surface area contributed by atoms with E-state index in [4.69, 9.17) is 9.73 Å². The maximum atomic E-state index is 12.9. The minimum atomic E-state index is -0.553. The molecule has 0 spiro atoms. The quantitative estimate of drug-likeness (QED) is 0.851. The van der Waals surface area contributed by atoms with Crippen LogP contribution in [0.2, 0.25) is 0 Å². The molecular weight excluding hydrogens is 302 g/mol. The number of hydrogen-bond donors (Lipinski definition) is 1. The van der Waals surface area contributed by atoms with Gasteiger partial charge in [-0.15, -0.1) is 0 Å². The predicted molar refractivity (Wildman–Crippen MR) is 93.6 cm³/mol. The van der Waals surface area contributed by atoms with E-state index in [9.17, 15) is 4.79 Å². The summed E-state index contributed by atoms with van der Waals surface area (Å²) in [5, 5.41) is 7.15. The van der Waals surface area contributed by atoms with E-state index in [0.717, 1.165) is 35.5 Å². The Morgan fingerprint density at radius 3 is 2.71 bits per heavy atom. The average Bonchev–Trinajstić information content (AvgIpc) is 3.05. The molecular formula is C19H23N3O2. The predicted octanol–water partition coefficient (Wildman–Crippen LogP) is 3.78. The second-order valence-electron chi connectivity index (χ2n) is 6.24. The van der Waals surface area contributed by atoms with Gasteiger partial charge in [-0.3, -0.25) is 9.89 Å². The first-order valence-corrected chi connectivity index (χ1v) is 8.46. The molecule has 5 nitrogen and oxygen atoms in total. The summed E-state index contributed by atoms with van der Waals surface area (Å²) in [7, 11) is 0. The fraction of sp³-hybridized carbons (Fsp3) is 0.421. The molecule has 126 valence electrons. The highest BCUT2D eigenvalue weighted by Crippen LogP contribution is 2.47. The molecule has 24 heavy (non-hydrogen) atoms. The van der Waals surface area contributed by atoms with Gasteiger partial charge >= 0.3 is 5.97 Å². The van der Waals surface area contributed by atoms with Crippen LogP contribution in [-0.2, 0) is 14.9 Å². The number of carbonyl (C=O) groups excluding carboxylic acids is 1. The summed E-state index contributed by atoms with van der Waals surface area (Å²) in [6.45, 7) is 6.37. The largest absolute Gasteiger partial charge is 0.465 e. The van der Waals surface area contributed by atoms with Gasteiger partial charge in [0.1, 0.15) is 5.92 Å². The smallest absolute Gasteiger partial charge is 0.315 e. The van der Waals surface area contributed by atoms with Gasteiger partial charge in [0, 0.05) is 16.7 Å². The molecule has 0 amide bonds. The van der Waals surface area contributed by atoms with Gasteiger partial charge in [-0.1, -0.05) is 43.7 Å². The third-order valence-electron chi connectivity index (χ3n) is 4.75. The van der Waals surface area contributed by atoms with E-state index >= 15 is 0 Å². The second-order valence-corrected chi connectivity index (χ2v) is 6.24. The summed E-state index contributed by atoms with van der Waals surface area (Å²) >= 11 is 0. The maximum absolute atomic E-state index is 12.9. The first kappa shape index (κ1) is 16.4. The van der Waals surface area contributed by atoms with Crippen molar-refractivity contribution in [1.29, 1.82) is 0 Å². The molecule has 0 bridgehead atoms. The standard InChI is InChI=1S/C19H23N3O2/c1-4-9-15-16(18(23)24-5-2)19(3,13-10-7-6-8-11-13)14-12-20-22-17(14)21-15/h6-8,10-12,16H,4-5,9H2,1-3H3,(H,20,22). The fourth-order valence-corrected chi connectivity index (χ4v) is 3.60. The van der Waals surface area contributed by atoms with Crippen molar-refractivity contribution in [2.75, 3.05) is 6.61 Å². The number of nitrogens with one attached hydrogen (secondary N) is 1. The van der Waals surface area contributed by atoms with Crippen LogP contribution in [0.1, 0.15) is 44.7 Å². The summed E-state index contributed by atoms with van der Waals surface area (Å²) in [6, 6.07) is 10.1. The van der Waals surface area contributed by atoms with Gasteiger partial charge < -0.3 is 4.74 Å². The van der Waals surface area contributed by atoms with E-state index in [1.165, 1.54) is 0 Å². The molecule has 3 rings (SSSR count). The van der Waals surface area contributed by atoms with Crippen molar-refractivity contribution >= 4 is 17.5 Å². The van der Waals surface area contributed by atoms with Crippen molar-refractivity contribution in [3.05, 3.63) is 47.7 Å². The molecule has 5 heteroatoms. The van der Waals surface area contributed by atoms with Gasteiger partial charge in [0.25, 0.3) is 0 Å². The highest BCUT2D eigenvalue weighted by atomic mass is 16.5. The number of aromatic amines is 1. The highest BCUT2D eigenvalue weighted by molar-refractivity contribution is 6.06. The third kappa shape index (κ3) is 2.54. The topological polar surface area (TPSA) is 67.3 Å². The van der Waals surface area contributed by atoms with E-state index in [2.05, 4.69) is 36.2 Å². The summed E-state index contributed by atoms with van der Waals surface area (Å²) < 4.78 is 5.42.